The van der Waals surface area contributed by atoms with Gasteiger partial charge in [0.1, 0.15) is 5.60 Å². The number of carbonyl (C=O) groups is 1. The third-order valence-electron chi connectivity index (χ3n) is 10.5. The molecule has 2 aromatic heterocycles. The molecule has 65 heavy (non-hydrogen) atoms. The monoisotopic (exact) mass is 948 g/mol. The molecule has 0 aliphatic carbocycles. The lowest BCUT2D eigenvalue weighted by Crippen LogP contribution is -2.67. The van der Waals surface area contributed by atoms with Gasteiger partial charge in [-0.05, 0) is 74.0 Å². The minimum Gasteiger partial charge on any atom is -0.444 e. The molecule has 5 aromatic rings. The van der Waals surface area contributed by atoms with E-state index in [0.717, 1.165) is 10.4 Å². The molecule has 3 aromatic carbocycles. The molecule has 0 fully saturated rings. The number of ether oxygens (including phenoxy) is 2. The van der Waals surface area contributed by atoms with Gasteiger partial charge in [-0.1, -0.05) is 125 Å². The van der Waals surface area contributed by atoms with Crippen molar-refractivity contribution in [2.75, 3.05) is 11.6 Å². The third-order valence-corrected chi connectivity index (χ3v) is 16.6. The minimum atomic E-state index is -5.31. The summed E-state index contributed by atoms with van der Waals surface area (Å²) in [6, 6.07) is 28.4. The standard InChI is InChI=1S/C46H54F6N4O7SSi/c1-31(63-65(43(5,6)7,33-24-16-10-17-25-33)34-26-18-11-19-27-34)21-13-12-20-28-44(46(50,51)52,60-30-32-22-14-9-15-23-32)40-56-55-38(61-40)37-36(53-41(57)62-42(2,3)4)29-35(45(47,48)49)39(54-37)64(8,58)59/h9-11,14-19,22-27,29,31H,12-13,20-21,28,30H2,1-8H3,(H,53,57)/t31-,44-/m1/s1. The Morgan fingerprint density at radius 3 is 1.85 bits per heavy atom. The number of pyridine rings is 1. The van der Waals surface area contributed by atoms with Crippen LogP contribution in [0.2, 0.25) is 5.04 Å². The second-order valence-corrected chi connectivity index (χ2v) is 24.0. The van der Waals surface area contributed by atoms with E-state index in [2.05, 4.69) is 65.5 Å². The number of aromatic nitrogens is 3. The lowest BCUT2D eigenvalue weighted by molar-refractivity contribution is -0.300. The topological polar surface area (TPSA) is 143 Å². The van der Waals surface area contributed by atoms with Crippen LogP contribution in [-0.2, 0) is 42.1 Å². The Bertz CT molecular complexity index is 2440. The summed E-state index contributed by atoms with van der Waals surface area (Å²) in [5.41, 5.74) is -7.50. The fourth-order valence-corrected chi connectivity index (χ4v) is 13.1. The van der Waals surface area contributed by atoms with Crippen LogP contribution in [0.1, 0.15) is 97.6 Å². The first-order valence-corrected chi connectivity index (χ1v) is 24.7. The quantitative estimate of drug-likeness (QED) is 0.0544. The van der Waals surface area contributed by atoms with Gasteiger partial charge in [0.2, 0.25) is 5.60 Å². The van der Waals surface area contributed by atoms with Crippen LogP contribution in [-0.4, -0.2) is 62.1 Å². The third kappa shape index (κ3) is 12.2. The molecule has 2 heterocycles. The van der Waals surface area contributed by atoms with Crippen LogP contribution in [0.15, 0.2) is 107 Å². The number of halogens is 6. The van der Waals surface area contributed by atoms with Crippen molar-refractivity contribution in [1.29, 1.82) is 0 Å². The van der Waals surface area contributed by atoms with E-state index >= 15 is 13.2 Å². The van der Waals surface area contributed by atoms with Crippen molar-refractivity contribution in [2.24, 2.45) is 0 Å². The van der Waals surface area contributed by atoms with Gasteiger partial charge >= 0.3 is 18.4 Å². The Labute approximate surface area is 376 Å². The van der Waals surface area contributed by atoms with Gasteiger partial charge in [0.15, 0.2) is 20.6 Å². The van der Waals surface area contributed by atoms with Gasteiger partial charge in [0, 0.05) is 12.4 Å². The molecule has 352 valence electrons. The Kier molecular flexibility index (Phi) is 15.5. The van der Waals surface area contributed by atoms with Gasteiger partial charge in [0.25, 0.3) is 20.1 Å². The largest absolute Gasteiger partial charge is 0.444 e. The minimum absolute atomic E-state index is 0.0693. The molecule has 0 saturated heterocycles. The molecule has 11 nitrogen and oxygen atoms in total. The SMILES string of the molecule is C[C@H](CCCCC[C@@](OCc1ccccc1)(c1nnc(-c2nc(S(C)(=O)=O)c(C(F)(F)F)cc2NC(=O)OC(C)(C)C)o1)C(F)(F)F)O[Si](c1ccccc1)(c1ccccc1)C(C)(C)C. The van der Waals surface area contributed by atoms with Crippen molar-refractivity contribution >= 4 is 40.3 Å². The molecule has 2 atom stereocenters. The van der Waals surface area contributed by atoms with Crippen molar-refractivity contribution in [3.63, 3.8) is 0 Å². The maximum absolute atomic E-state index is 15.7. The molecule has 5 rings (SSSR count). The Hall–Kier alpha value is -5.11. The van der Waals surface area contributed by atoms with Crippen LogP contribution >= 0.6 is 0 Å². The van der Waals surface area contributed by atoms with Crippen molar-refractivity contribution in [3.05, 3.63) is 114 Å². The van der Waals surface area contributed by atoms with Crippen molar-refractivity contribution < 1.29 is 57.9 Å². The molecule has 0 saturated carbocycles. The van der Waals surface area contributed by atoms with E-state index in [4.69, 9.17) is 18.3 Å². The molecule has 1 N–H and O–H groups in total. The summed E-state index contributed by atoms with van der Waals surface area (Å²) in [5.74, 6) is -2.05. The summed E-state index contributed by atoms with van der Waals surface area (Å²) in [6.07, 6.45) is -11.2. The van der Waals surface area contributed by atoms with Gasteiger partial charge < -0.3 is 18.3 Å². The number of rotatable bonds is 17. The van der Waals surface area contributed by atoms with Crippen LogP contribution in [0.4, 0.5) is 36.8 Å². The molecule has 0 unspecified atom stereocenters. The van der Waals surface area contributed by atoms with Crippen LogP contribution < -0.4 is 15.7 Å². The molecule has 0 spiro atoms. The predicted molar refractivity (Wildman–Crippen MR) is 236 cm³/mol. The number of nitrogens with zero attached hydrogens (tertiary/aromatic N) is 3. The van der Waals surface area contributed by atoms with E-state index in [1.54, 1.807) is 30.3 Å². The van der Waals surface area contributed by atoms with E-state index in [1.807, 2.05) is 43.3 Å². The molecule has 0 aliphatic rings. The fraction of sp³-hybridized carbons (Fsp3) is 0.435. The molecule has 19 heteroatoms. The predicted octanol–water partition coefficient (Wildman–Crippen LogP) is 10.8. The van der Waals surface area contributed by atoms with E-state index in [-0.39, 0.29) is 30.1 Å². The average molecular weight is 949 g/mol. The highest BCUT2D eigenvalue weighted by atomic mass is 32.2. The molecule has 0 bridgehead atoms. The molecular weight excluding hydrogens is 895 g/mol. The summed E-state index contributed by atoms with van der Waals surface area (Å²) in [7, 11) is -7.67. The number of anilines is 1. The zero-order chi connectivity index (χ0) is 48.1. The molecule has 1 amide bonds. The van der Waals surface area contributed by atoms with Gasteiger partial charge in [-0.2, -0.15) is 26.3 Å². The van der Waals surface area contributed by atoms with Crippen LogP contribution in [0.5, 0.6) is 0 Å². The zero-order valence-corrected chi connectivity index (χ0v) is 39.2. The summed E-state index contributed by atoms with van der Waals surface area (Å²) >= 11 is 0. The Balaban J connectivity index is 1.49. The number of unbranched alkanes of at least 4 members (excludes halogenated alkanes) is 2. The van der Waals surface area contributed by atoms with Crippen molar-refractivity contribution in [1.82, 2.24) is 15.2 Å². The summed E-state index contributed by atoms with van der Waals surface area (Å²) in [5, 5.41) is 9.86. The number of hydrogen-bond donors (Lipinski definition) is 1. The number of sulfone groups is 1. The summed E-state index contributed by atoms with van der Waals surface area (Å²) in [6.45, 7) is 12.3. The first-order chi connectivity index (χ1) is 30.2. The van der Waals surface area contributed by atoms with E-state index in [0.29, 0.717) is 24.7 Å². The van der Waals surface area contributed by atoms with Crippen LogP contribution in [0, 0.1) is 0 Å². The van der Waals surface area contributed by atoms with E-state index < -0.39 is 94.6 Å². The maximum Gasteiger partial charge on any atom is 0.426 e. The lowest BCUT2D eigenvalue weighted by Gasteiger charge is -2.44. The van der Waals surface area contributed by atoms with Crippen LogP contribution in [0.25, 0.3) is 11.6 Å². The van der Waals surface area contributed by atoms with Crippen LogP contribution in [0.3, 0.4) is 0 Å². The van der Waals surface area contributed by atoms with Crippen molar-refractivity contribution in [3.8, 4) is 11.6 Å². The second-order valence-electron chi connectivity index (χ2n) is 17.8. The molecular formula is C46H54F6N4O7SSi. The first kappa shape index (κ1) is 50.9. The number of carbonyl (C=O) groups excluding carboxylic acids is 1. The zero-order valence-electron chi connectivity index (χ0n) is 37.4. The van der Waals surface area contributed by atoms with E-state index in [9.17, 15) is 26.4 Å². The first-order valence-electron chi connectivity index (χ1n) is 20.9. The fourth-order valence-electron chi connectivity index (χ4n) is 7.54. The van der Waals surface area contributed by atoms with Gasteiger partial charge in [-0.15, -0.1) is 10.2 Å². The van der Waals surface area contributed by atoms with E-state index in [1.165, 1.54) is 20.8 Å². The lowest BCUT2D eigenvalue weighted by atomic mass is 9.94. The number of nitrogens with one attached hydrogen (secondary N) is 1. The van der Waals surface area contributed by atoms with Gasteiger partial charge in [-0.3, -0.25) is 5.32 Å². The Morgan fingerprint density at radius 1 is 0.800 bits per heavy atom. The number of alkyl halides is 6. The highest BCUT2D eigenvalue weighted by Gasteiger charge is 2.61. The summed E-state index contributed by atoms with van der Waals surface area (Å²) < 4.78 is 139. The maximum atomic E-state index is 15.7. The number of hydrogen-bond acceptors (Lipinski definition) is 10. The average Bonchev–Trinajstić information content (AvgIpc) is 3.70. The molecule has 0 aliphatic heterocycles. The smallest absolute Gasteiger partial charge is 0.426 e. The van der Waals surface area contributed by atoms with Crippen molar-refractivity contribution in [2.45, 2.75) is 127 Å². The second kappa shape index (κ2) is 19.8. The van der Waals surface area contributed by atoms with Gasteiger partial charge in [0.05, 0.1) is 17.9 Å². The highest BCUT2D eigenvalue weighted by Crippen LogP contribution is 2.48. The summed E-state index contributed by atoms with van der Waals surface area (Å²) in [4.78, 5) is 16.5. The highest BCUT2D eigenvalue weighted by molar-refractivity contribution is 7.90. The van der Waals surface area contributed by atoms with Gasteiger partial charge in [-0.25, -0.2) is 18.2 Å². The Morgan fingerprint density at radius 2 is 1.35 bits per heavy atom. The molecule has 0 radical (unpaired) electrons. The number of benzene rings is 3. The number of amides is 1. The normalized spacial score (nSPS) is 14.4.